The van der Waals surface area contributed by atoms with Crippen LogP contribution in [0.2, 0.25) is 0 Å². The Morgan fingerprint density at radius 2 is 1.65 bits per heavy atom. The van der Waals surface area contributed by atoms with E-state index in [1.807, 2.05) is 0 Å². The molecule has 0 fully saturated rings. The van der Waals surface area contributed by atoms with Gasteiger partial charge in [0.1, 0.15) is 0 Å². The van der Waals surface area contributed by atoms with Crippen molar-refractivity contribution >= 4 is 50.2 Å². The average molecular weight is 624 g/mol. The first-order valence-corrected chi connectivity index (χ1v) is 17.8. The maximum Gasteiger partial charge on any atom is 0.0814 e. The van der Waals surface area contributed by atoms with Gasteiger partial charge in [-0.05, 0) is 117 Å². The van der Waals surface area contributed by atoms with Gasteiger partial charge in [0.15, 0.2) is 0 Å². The number of nitrogens with zero attached hydrogens (tertiary/aromatic N) is 1. The molecule has 7 rings (SSSR count). The summed E-state index contributed by atoms with van der Waals surface area (Å²) in [5, 5.41) is 8.75. The average Bonchev–Trinajstić information content (AvgIpc) is 3.11. The molecule has 1 heterocycles. The molecule has 0 spiro atoms. The second-order valence-electron chi connectivity index (χ2n) is 13.5. The smallest absolute Gasteiger partial charge is 0.0814 e. The van der Waals surface area contributed by atoms with Gasteiger partial charge in [0.25, 0.3) is 0 Å². The quantitative estimate of drug-likeness (QED) is 0.0952. The van der Waals surface area contributed by atoms with Crippen LogP contribution in [0.1, 0.15) is 83.4 Å². The molecule has 1 nitrogen and oxygen atoms in total. The van der Waals surface area contributed by atoms with Gasteiger partial charge in [0.2, 0.25) is 0 Å². The summed E-state index contributed by atoms with van der Waals surface area (Å²) in [7, 11) is 0. The SMILES string of the molecule is C=C(/C=C\C1=C(C)C(C(C)CC)=C(CCC)CC1)c1ccc2nc(C3C#CC/C=c4\c(c5ccccc5c5ccccc45)=C3)ccc2c1. The van der Waals surface area contributed by atoms with Crippen LogP contribution < -0.4 is 10.4 Å². The minimum atomic E-state index is -0.0942. The zero-order chi connectivity index (χ0) is 33.2. The summed E-state index contributed by atoms with van der Waals surface area (Å²) < 4.78 is 0. The van der Waals surface area contributed by atoms with E-state index < -0.39 is 0 Å². The lowest BCUT2D eigenvalue weighted by molar-refractivity contribution is 0.626. The van der Waals surface area contributed by atoms with Crippen molar-refractivity contribution in [3.63, 3.8) is 0 Å². The summed E-state index contributed by atoms with van der Waals surface area (Å²) >= 11 is 0. The first kappa shape index (κ1) is 31.7. The number of aromatic nitrogens is 1. The monoisotopic (exact) mass is 623 g/mol. The van der Waals surface area contributed by atoms with Crippen LogP contribution in [0.3, 0.4) is 0 Å². The van der Waals surface area contributed by atoms with Crippen molar-refractivity contribution in [2.75, 3.05) is 0 Å². The first-order chi connectivity index (χ1) is 23.5. The molecule has 1 aromatic heterocycles. The van der Waals surface area contributed by atoms with Crippen LogP contribution in [0, 0.1) is 17.8 Å². The fourth-order valence-corrected chi connectivity index (χ4v) is 7.83. The van der Waals surface area contributed by atoms with E-state index in [4.69, 9.17) is 4.98 Å². The normalized spacial score (nSPS) is 17.8. The number of hydrogen-bond donors (Lipinski definition) is 0. The summed E-state index contributed by atoms with van der Waals surface area (Å²) in [4.78, 5) is 5.17. The van der Waals surface area contributed by atoms with Crippen LogP contribution in [0.5, 0.6) is 0 Å². The van der Waals surface area contributed by atoms with Crippen molar-refractivity contribution in [1.29, 1.82) is 0 Å². The molecule has 0 saturated carbocycles. The van der Waals surface area contributed by atoms with E-state index in [2.05, 4.69) is 149 Å². The molecule has 0 N–H and O–H groups in total. The van der Waals surface area contributed by atoms with E-state index in [0.717, 1.165) is 40.6 Å². The second kappa shape index (κ2) is 13.7. The summed E-state index contributed by atoms with van der Waals surface area (Å²) in [6.45, 7) is 13.8. The van der Waals surface area contributed by atoms with Gasteiger partial charge in [0.05, 0.1) is 17.1 Å². The molecule has 4 aromatic carbocycles. The maximum absolute atomic E-state index is 5.17. The van der Waals surface area contributed by atoms with Crippen molar-refractivity contribution in [2.45, 2.75) is 72.1 Å². The van der Waals surface area contributed by atoms with Gasteiger partial charge in [0, 0.05) is 11.8 Å². The van der Waals surface area contributed by atoms with Crippen LogP contribution in [-0.2, 0) is 0 Å². The minimum Gasteiger partial charge on any atom is -0.251 e. The molecular formula is C47H45N. The molecule has 0 radical (unpaired) electrons. The lowest BCUT2D eigenvalue weighted by Gasteiger charge is -2.27. The summed E-state index contributed by atoms with van der Waals surface area (Å²) in [6, 6.07) is 28.4. The molecule has 5 aromatic rings. The zero-order valence-electron chi connectivity index (χ0n) is 28.9. The summed E-state index contributed by atoms with van der Waals surface area (Å²) in [5.41, 5.74) is 10.3. The van der Waals surface area contributed by atoms with E-state index in [0.29, 0.717) is 5.92 Å². The topological polar surface area (TPSA) is 12.9 Å². The molecular weight excluding hydrogens is 579 g/mol. The predicted octanol–water partition coefficient (Wildman–Crippen LogP) is 11.1. The molecule has 2 aliphatic carbocycles. The molecule has 0 aliphatic heterocycles. The van der Waals surface area contributed by atoms with Gasteiger partial charge in [-0.3, -0.25) is 4.98 Å². The highest BCUT2D eigenvalue weighted by molar-refractivity contribution is 6.08. The Labute approximate surface area is 285 Å². The maximum atomic E-state index is 5.17. The molecule has 2 unspecified atom stereocenters. The van der Waals surface area contributed by atoms with Crippen LogP contribution >= 0.6 is 0 Å². The van der Waals surface area contributed by atoms with Crippen LogP contribution in [-0.4, -0.2) is 4.98 Å². The Morgan fingerprint density at radius 3 is 2.38 bits per heavy atom. The Hall–Kier alpha value is -4.93. The molecule has 2 atom stereocenters. The van der Waals surface area contributed by atoms with Crippen molar-refractivity contribution in [3.05, 3.63) is 142 Å². The molecule has 0 saturated heterocycles. The number of benzene rings is 4. The van der Waals surface area contributed by atoms with Gasteiger partial charge in [-0.2, -0.15) is 0 Å². The van der Waals surface area contributed by atoms with Gasteiger partial charge < -0.3 is 0 Å². The highest BCUT2D eigenvalue weighted by Gasteiger charge is 2.21. The van der Waals surface area contributed by atoms with Crippen LogP contribution in [0.25, 0.3) is 50.2 Å². The van der Waals surface area contributed by atoms with Gasteiger partial charge in [-0.1, -0.05) is 136 Å². The second-order valence-corrected chi connectivity index (χ2v) is 13.5. The lowest BCUT2D eigenvalue weighted by atomic mass is 9.78. The molecule has 1 heteroatoms. The van der Waals surface area contributed by atoms with Gasteiger partial charge in [-0.25, -0.2) is 0 Å². The van der Waals surface area contributed by atoms with E-state index in [-0.39, 0.29) is 5.92 Å². The van der Waals surface area contributed by atoms with Crippen LogP contribution in [0.4, 0.5) is 0 Å². The lowest BCUT2D eigenvalue weighted by Crippen LogP contribution is -2.28. The number of rotatable bonds is 8. The van der Waals surface area contributed by atoms with E-state index in [1.54, 1.807) is 11.1 Å². The minimum absolute atomic E-state index is 0.0942. The highest BCUT2D eigenvalue weighted by Crippen LogP contribution is 2.38. The van der Waals surface area contributed by atoms with Crippen molar-refractivity contribution in [3.8, 4) is 11.8 Å². The van der Waals surface area contributed by atoms with Gasteiger partial charge in [-0.15, -0.1) is 0 Å². The Morgan fingerprint density at radius 1 is 0.917 bits per heavy atom. The van der Waals surface area contributed by atoms with Gasteiger partial charge >= 0.3 is 0 Å². The van der Waals surface area contributed by atoms with Crippen molar-refractivity contribution in [2.24, 2.45) is 5.92 Å². The predicted molar refractivity (Wildman–Crippen MR) is 208 cm³/mol. The van der Waals surface area contributed by atoms with E-state index in [9.17, 15) is 0 Å². The fourth-order valence-electron chi connectivity index (χ4n) is 7.83. The number of allylic oxidation sites excluding steroid dienone is 7. The molecule has 48 heavy (non-hydrogen) atoms. The summed E-state index contributed by atoms with van der Waals surface area (Å²) in [5.74, 6) is 7.47. The largest absolute Gasteiger partial charge is 0.251 e. The molecule has 0 bridgehead atoms. The van der Waals surface area contributed by atoms with E-state index >= 15 is 0 Å². The standard InChI is InChI=1S/C47H45N/c1-6-14-35-24-23-34(33(5)47(35)31(3)7-2)22-21-32(4)36-25-27-46-38(29-36)26-28-45(48-46)37-15-8-9-19-42-40-17-11-10-16-39(40)41-18-12-13-20-43(41)44(42)30-37/h10-13,16-22,25-31,37H,4,6-7,9,14,23-24H2,1-3,5H3/b22-21-,42-19-,44-30?. The van der Waals surface area contributed by atoms with Crippen molar-refractivity contribution in [1.82, 2.24) is 4.98 Å². The number of hydrogen-bond acceptors (Lipinski definition) is 1. The fraction of sp³-hybridized carbons (Fsp3) is 0.255. The first-order valence-electron chi connectivity index (χ1n) is 17.8. The summed E-state index contributed by atoms with van der Waals surface area (Å²) in [6.07, 6.45) is 15.8. The molecule has 0 amide bonds. The Bertz CT molecular complexity index is 2370. The van der Waals surface area contributed by atoms with E-state index in [1.165, 1.54) is 68.8 Å². The molecule has 2 aliphatic rings. The third kappa shape index (κ3) is 5.97. The van der Waals surface area contributed by atoms with Crippen LogP contribution in [0.15, 0.2) is 120 Å². The number of fused-ring (bicyclic) bond motifs is 7. The third-order valence-electron chi connectivity index (χ3n) is 10.5. The van der Waals surface area contributed by atoms with Crippen molar-refractivity contribution < 1.29 is 0 Å². The Balaban J connectivity index is 1.21. The highest BCUT2D eigenvalue weighted by atomic mass is 14.7. The molecule has 238 valence electrons. The number of pyridine rings is 1. The zero-order valence-corrected chi connectivity index (χ0v) is 28.9. The Kier molecular flexibility index (Phi) is 9.01. The third-order valence-corrected chi connectivity index (χ3v) is 10.5.